The Bertz CT molecular complexity index is 964. The first-order chi connectivity index (χ1) is 12.6. The number of benzene rings is 2. The number of nitrogens with one attached hydrogen (secondary N) is 2. The third-order valence-corrected chi connectivity index (χ3v) is 5.47. The summed E-state index contributed by atoms with van der Waals surface area (Å²) in [6.45, 7) is 5.53. The van der Waals surface area contributed by atoms with Gasteiger partial charge in [0.15, 0.2) is 0 Å². The molecule has 4 rings (SSSR count). The average Bonchev–Trinajstić information content (AvgIpc) is 3.02. The molecule has 0 saturated heterocycles. The van der Waals surface area contributed by atoms with Crippen LogP contribution in [-0.2, 0) is 6.42 Å². The van der Waals surface area contributed by atoms with Crippen LogP contribution in [0.3, 0.4) is 0 Å². The topological polar surface area (TPSA) is 46.3 Å². The summed E-state index contributed by atoms with van der Waals surface area (Å²) in [6, 6.07) is 10.3. The van der Waals surface area contributed by atoms with E-state index in [0.29, 0.717) is 6.61 Å². The molecule has 136 valence electrons. The van der Waals surface area contributed by atoms with E-state index in [2.05, 4.69) is 22.4 Å². The normalized spacial score (nSPS) is 16.5. The number of aryl methyl sites for hydroxylation is 1. The molecule has 0 aliphatic carbocycles. The second-order valence-electron chi connectivity index (χ2n) is 6.64. The monoisotopic (exact) mass is 370 g/mol. The molecular formula is C21H23ClN2O2. The van der Waals surface area contributed by atoms with Crippen LogP contribution >= 0.6 is 11.6 Å². The molecule has 26 heavy (non-hydrogen) atoms. The van der Waals surface area contributed by atoms with Crippen molar-refractivity contribution in [2.24, 2.45) is 0 Å². The first kappa shape index (κ1) is 17.3. The molecule has 1 unspecified atom stereocenters. The minimum absolute atomic E-state index is 0.0248. The Labute approximate surface area is 158 Å². The zero-order valence-electron chi connectivity index (χ0n) is 15.3. The number of fused-ring (bicyclic) bond motifs is 3. The Balaban J connectivity index is 1.87. The van der Waals surface area contributed by atoms with Gasteiger partial charge in [-0.1, -0.05) is 11.6 Å². The summed E-state index contributed by atoms with van der Waals surface area (Å²) in [7, 11) is 1.70. The lowest BCUT2D eigenvalue weighted by molar-refractivity contribution is 0.332. The van der Waals surface area contributed by atoms with Gasteiger partial charge in [0.05, 0.1) is 19.8 Å². The van der Waals surface area contributed by atoms with Crippen molar-refractivity contribution in [2.45, 2.75) is 26.3 Å². The SMILES string of the molecule is CCOc1cc(C)c(Cl)cc1C1NCCc2c1[nH]c1ccc(OC)cc21. The van der Waals surface area contributed by atoms with Gasteiger partial charge in [0.25, 0.3) is 0 Å². The number of aromatic nitrogens is 1. The Morgan fingerprint density at radius 2 is 2.08 bits per heavy atom. The second-order valence-corrected chi connectivity index (χ2v) is 7.05. The lowest BCUT2D eigenvalue weighted by Gasteiger charge is -2.27. The first-order valence-electron chi connectivity index (χ1n) is 8.97. The number of halogens is 1. The Hall–Kier alpha value is -2.17. The van der Waals surface area contributed by atoms with Gasteiger partial charge in [-0.25, -0.2) is 0 Å². The maximum absolute atomic E-state index is 6.44. The molecule has 0 fully saturated rings. The van der Waals surface area contributed by atoms with E-state index in [1.54, 1.807) is 7.11 Å². The predicted octanol–water partition coefficient (Wildman–Crippen LogP) is 4.77. The first-order valence-corrected chi connectivity index (χ1v) is 9.35. The number of methoxy groups -OCH3 is 1. The summed E-state index contributed by atoms with van der Waals surface area (Å²) < 4.78 is 11.3. The molecule has 0 radical (unpaired) electrons. The van der Waals surface area contributed by atoms with Gasteiger partial charge in [0.2, 0.25) is 0 Å². The lowest BCUT2D eigenvalue weighted by Crippen LogP contribution is -2.30. The highest BCUT2D eigenvalue weighted by Gasteiger charge is 2.28. The molecular weight excluding hydrogens is 348 g/mol. The van der Waals surface area contributed by atoms with E-state index in [1.165, 1.54) is 16.6 Å². The standard InChI is InChI=1S/C21H23ClN2O2/c1-4-26-19-9-12(2)17(22)11-16(19)20-21-14(7-8-23-20)15-10-13(25-3)5-6-18(15)24-21/h5-6,9-11,20,23-24H,4,7-8H2,1-3H3. The average molecular weight is 371 g/mol. The van der Waals surface area contributed by atoms with Gasteiger partial charge in [-0.05, 0) is 61.7 Å². The Kier molecular flexibility index (Phi) is 4.55. The van der Waals surface area contributed by atoms with Crippen LogP contribution in [-0.4, -0.2) is 25.2 Å². The van der Waals surface area contributed by atoms with Crippen LogP contribution < -0.4 is 14.8 Å². The van der Waals surface area contributed by atoms with Gasteiger partial charge >= 0.3 is 0 Å². The van der Waals surface area contributed by atoms with Gasteiger partial charge < -0.3 is 19.8 Å². The molecule has 2 N–H and O–H groups in total. The van der Waals surface area contributed by atoms with Crippen LogP contribution in [0, 0.1) is 6.92 Å². The third-order valence-electron chi connectivity index (χ3n) is 5.06. The van der Waals surface area contributed by atoms with Gasteiger partial charge in [-0.15, -0.1) is 0 Å². The molecule has 0 amide bonds. The number of rotatable bonds is 4. The number of hydrogen-bond acceptors (Lipinski definition) is 3. The summed E-state index contributed by atoms with van der Waals surface area (Å²) >= 11 is 6.44. The van der Waals surface area contributed by atoms with E-state index in [9.17, 15) is 0 Å². The fourth-order valence-electron chi connectivity index (χ4n) is 3.78. The summed E-state index contributed by atoms with van der Waals surface area (Å²) in [4.78, 5) is 3.60. The zero-order chi connectivity index (χ0) is 18.3. The minimum Gasteiger partial charge on any atom is -0.497 e. The molecule has 1 aliphatic heterocycles. The van der Waals surface area contributed by atoms with Crippen LogP contribution in [0.25, 0.3) is 10.9 Å². The van der Waals surface area contributed by atoms with E-state index < -0.39 is 0 Å². The third kappa shape index (κ3) is 2.83. The summed E-state index contributed by atoms with van der Waals surface area (Å²) in [6.07, 6.45) is 0.975. The molecule has 0 saturated carbocycles. The van der Waals surface area contributed by atoms with Gasteiger partial charge in [-0.2, -0.15) is 0 Å². The molecule has 1 atom stereocenters. The highest BCUT2D eigenvalue weighted by molar-refractivity contribution is 6.31. The van der Waals surface area contributed by atoms with Crippen LogP contribution in [0.5, 0.6) is 11.5 Å². The Morgan fingerprint density at radius 3 is 2.85 bits per heavy atom. The zero-order valence-corrected chi connectivity index (χ0v) is 16.0. The molecule has 2 aromatic carbocycles. The maximum Gasteiger partial charge on any atom is 0.124 e. The van der Waals surface area contributed by atoms with Crippen LogP contribution in [0.2, 0.25) is 5.02 Å². The number of aromatic amines is 1. The maximum atomic E-state index is 6.44. The smallest absolute Gasteiger partial charge is 0.124 e. The van der Waals surface area contributed by atoms with E-state index in [1.807, 2.05) is 32.0 Å². The summed E-state index contributed by atoms with van der Waals surface area (Å²) in [5, 5.41) is 5.61. The van der Waals surface area contributed by atoms with Gasteiger partial charge in [-0.3, -0.25) is 0 Å². The quantitative estimate of drug-likeness (QED) is 0.695. The van der Waals surface area contributed by atoms with Crippen molar-refractivity contribution in [3.8, 4) is 11.5 Å². The van der Waals surface area contributed by atoms with Crippen molar-refractivity contribution in [2.75, 3.05) is 20.3 Å². The Morgan fingerprint density at radius 1 is 1.23 bits per heavy atom. The molecule has 2 heterocycles. The molecule has 4 nitrogen and oxygen atoms in total. The van der Waals surface area contributed by atoms with Crippen molar-refractivity contribution in [3.05, 3.63) is 57.7 Å². The largest absolute Gasteiger partial charge is 0.497 e. The van der Waals surface area contributed by atoms with Crippen molar-refractivity contribution in [3.63, 3.8) is 0 Å². The highest BCUT2D eigenvalue weighted by Crippen LogP contribution is 2.39. The van der Waals surface area contributed by atoms with E-state index in [4.69, 9.17) is 21.1 Å². The fraction of sp³-hybridized carbons (Fsp3) is 0.333. The summed E-state index contributed by atoms with van der Waals surface area (Å²) in [5.74, 6) is 1.76. The highest BCUT2D eigenvalue weighted by atomic mass is 35.5. The van der Waals surface area contributed by atoms with Gasteiger partial charge in [0.1, 0.15) is 11.5 Å². The number of H-pyrrole nitrogens is 1. The number of ether oxygens (including phenoxy) is 2. The summed E-state index contributed by atoms with van der Waals surface area (Å²) in [5.41, 5.74) is 5.74. The number of hydrogen-bond donors (Lipinski definition) is 2. The molecule has 0 spiro atoms. The van der Waals surface area contributed by atoms with Gasteiger partial charge in [0, 0.05) is 33.7 Å². The van der Waals surface area contributed by atoms with E-state index in [0.717, 1.165) is 46.1 Å². The molecule has 1 aromatic heterocycles. The molecule has 0 bridgehead atoms. The lowest BCUT2D eigenvalue weighted by atomic mass is 9.93. The van der Waals surface area contributed by atoms with Crippen LogP contribution in [0.1, 0.15) is 35.3 Å². The van der Waals surface area contributed by atoms with Crippen molar-refractivity contribution >= 4 is 22.5 Å². The minimum atomic E-state index is 0.0248. The van der Waals surface area contributed by atoms with Crippen LogP contribution in [0.4, 0.5) is 0 Å². The van der Waals surface area contributed by atoms with Crippen molar-refractivity contribution in [1.82, 2.24) is 10.3 Å². The second kappa shape index (κ2) is 6.86. The van der Waals surface area contributed by atoms with E-state index >= 15 is 0 Å². The molecule has 3 aromatic rings. The predicted molar refractivity (Wildman–Crippen MR) is 106 cm³/mol. The molecule has 5 heteroatoms. The fourth-order valence-corrected chi connectivity index (χ4v) is 3.95. The van der Waals surface area contributed by atoms with Crippen molar-refractivity contribution in [1.29, 1.82) is 0 Å². The van der Waals surface area contributed by atoms with Crippen molar-refractivity contribution < 1.29 is 9.47 Å². The molecule has 1 aliphatic rings. The van der Waals surface area contributed by atoms with Crippen LogP contribution in [0.15, 0.2) is 30.3 Å². The van der Waals surface area contributed by atoms with E-state index in [-0.39, 0.29) is 6.04 Å².